The minimum Gasteiger partial charge on any atom is -0.353 e. The minimum absolute atomic E-state index is 0.162. The summed E-state index contributed by atoms with van der Waals surface area (Å²) in [5.41, 5.74) is 0.162. The Balaban J connectivity index is 2.18. The van der Waals surface area contributed by atoms with Crippen LogP contribution in [0.4, 0.5) is 5.82 Å². The molecule has 0 bridgehead atoms. The average molecular weight is 241 g/mol. The summed E-state index contributed by atoms with van der Waals surface area (Å²) in [6, 6.07) is 1.82. The van der Waals surface area contributed by atoms with E-state index in [1.54, 1.807) is 0 Å². The van der Waals surface area contributed by atoms with Crippen LogP contribution in [0.1, 0.15) is 13.8 Å². The summed E-state index contributed by atoms with van der Waals surface area (Å²) in [5.74, 6) is 0.918. The molecule has 0 spiro atoms. The van der Waals surface area contributed by atoms with Crippen molar-refractivity contribution >= 4 is 17.4 Å². The van der Waals surface area contributed by atoms with Gasteiger partial charge in [0.15, 0.2) is 0 Å². The first-order valence-corrected chi connectivity index (χ1v) is 5.80. The Kier molecular flexibility index (Phi) is 3.04. The molecule has 1 saturated heterocycles. The Morgan fingerprint density at radius 3 is 2.69 bits per heavy atom. The third-order valence-electron chi connectivity index (χ3n) is 3.26. The van der Waals surface area contributed by atoms with Gasteiger partial charge in [-0.25, -0.2) is 9.97 Å². The molecule has 1 aliphatic heterocycles. The number of likely N-dealkylation sites (N-methyl/N-ethyl adjacent to an activating group) is 1. The van der Waals surface area contributed by atoms with E-state index in [1.807, 2.05) is 6.07 Å². The van der Waals surface area contributed by atoms with Crippen LogP contribution in [0, 0.1) is 0 Å². The van der Waals surface area contributed by atoms with Crippen LogP contribution < -0.4 is 4.90 Å². The zero-order chi connectivity index (χ0) is 11.8. The van der Waals surface area contributed by atoms with Gasteiger partial charge in [0.2, 0.25) is 0 Å². The van der Waals surface area contributed by atoms with E-state index in [1.165, 1.54) is 6.33 Å². The first-order valence-electron chi connectivity index (χ1n) is 5.43. The number of anilines is 1. The molecule has 2 heterocycles. The average Bonchev–Trinajstić information content (AvgIpc) is 2.22. The van der Waals surface area contributed by atoms with Crippen molar-refractivity contribution in [3.8, 4) is 0 Å². The number of piperazine rings is 1. The lowest BCUT2D eigenvalue weighted by atomic mass is 10.00. The van der Waals surface area contributed by atoms with Crippen molar-refractivity contribution in [2.75, 3.05) is 31.6 Å². The predicted octanol–water partition coefficient (Wildman–Crippen LogP) is 1.66. The summed E-state index contributed by atoms with van der Waals surface area (Å²) in [5, 5.41) is 0.502. The molecule has 0 radical (unpaired) electrons. The van der Waals surface area contributed by atoms with E-state index in [4.69, 9.17) is 11.6 Å². The standard InChI is InChI=1S/C11H17ClN4/c1-11(2)7-16(5-4-15(11)3)10-6-9(12)13-8-14-10/h6,8H,4-5,7H2,1-3H3. The Hall–Kier alpha value is -0.870. The van der Waals surface area contributed by atoms with E-state index in [0.29, 0.717) is 5.15 Å². The fourth-order valence-electron chi connectivity index (χ4n) is 1.93. The van der Waals surface area contributed by atoms with Crippen LogP contribution in [0.5, 0.6) is 0 Å². The maximum Gasteiger partial charge on any atom is 0.134 e. The van der Waals surface area contributed by atoms with E-state index in [9.17, 15) is 0 Å². The highest BCUT2D eigenvalue weighted by molar-refractivity contribution is 6.29. The van der Waals surface area contributed by atoms with Crippen LogP contribution in [0.25, 0.3) is 0 Å². The highest BCUT2D eigenvalue weighted by Gasteiger charge is 2.31. The molecule has 1 aliphatic rings. The maximum absolute atomic E-state index is 5.88. The molecule has 1 aromatic rings. The second-order valence-corrected chi connectivity index (χ2v) is 5.24. The fraction of sp³-hybridized carbons (Fsp3) is 0.636. The van der Waals surface area contributed by atoms with Gasteiger partial charge < -0.3 is 4.90 Å². The lowest BCUT2D eigenvalue weighted by molar-refractivity contribution is 0.138. The normalized spacial score (nSPS) is 21.1. The minimum atomic E-state index is 0.162. The van der Waals surface area contributed by atoms with Crippen molar-refractivity contribution in [3.05, 3.63) is 17.5 Å². The molecule has 0 N–H and O–H groups in total. The van der Waals surface area contributed by atoms with E-state index < -0.39 is 0 Å². The van der Waals surface area contributed by atoms with Crippen molar-refractivity contribution in [1.82, 2.24) is 14.9 Å². The zero-order valence-electron chi connectivity index (χ0n) is 9.94. The molecule has 0 amide bonds. The molecule has 0 aromatic carbocycles. The number of aromatic nitrogens is 2. The van der Waals surface area contributed by atoms with Gasteiger partial charge in [0.25, 0.3) is 0 Å². The summed E-state index contributed by atoms with van der Waals surface area (Å²) in [4.78, 5) is 12.8. The Morgan fingerprint density at radius 1 is 1.31 bits per heavy atom. The largest absolute Gasteiger partial charge is 0.353 e. The summed E-state index contributed by atoms with van der Waals surface area (Å²) in [6.45, 7) is 7.45. The number of hydrogen-bond acceptors (Lipinski definition) is 4. The predicted molar refractivity (Wildman–Crippen MR) is 66.0 cm³/mol. The second kappa shape index (κ2) is 4.18. The third kappa shape index (κ3) is 2.28. The van der Waals surface area contributed by atoms with Crippen LogP contribution >= 0.6 is 11.6 Å². The molecule has 5 heteroatoms. The van der Waals surface area contributed by atoms with Gasteiger partial charge in [0.1, 0.15) is 17.3 Å². The molecule has 0 unspecified atom stereocenters. The van der Waals surface area contributed by atoms with Crippen molar-refractivity contribution < 1.29 is 0 Å². The van der Waals surface area contributed by atoms with Crippen LogP contribution in [0.2, 0.25) is 5.15 Å². The molecular weight excluding hydrogens is 224 g/mol. The monoisotopic (exact) mass is 240 g/mol. The summed E-state index contributed by atoms with van der Waals surface area (Å²) in [7, 11) is 2.16. The van der Waals surface area contributed by atoms with E-state index >= 15 is 0 Å². The first-order chi connectivity index (χ1) is 7.49. The third-order valence-corrected chi connectivity index (χ3v) is 3.47. The molecule has 1 fully saturated rings. The molecule has 2 rings (SSSR count). The van der Waals surface area contributed by atoms with Crippen molar-refractivity contribution in [2.45, 2.75) is 19.4 Å². The van der Waals surface area contributed by atoms with Gasteiger partial charge in [-0.1, -0.05) is 11.6 Å². The highest BCUT2D eigenvalue weighted by atomic mass is 35.5. The number of hydrogen-bond donors (Lipinski definition) is 0. The molecule has 4 nitrogen and oxygen atoms in total. The van der Waals surface area contributed by atoms with Crippen LogP contribution in [-0.4, -0.2) is 47.1 Å². The molecule has 0 saturated carbocycles. The van der Waals surface area contributed by atoms with Crippen LogP contribution in [0.15, 0.2) is 12.4 Å². The van der Waals surface area contributed by atoms with Gasteiger partial charge >= 0.3 is 0 Å². The lowest BCUT2D eigenvalue weighted by Gasteiger charge is -2.45. The molecule has 1 aromatic heterocycles. The summed E-state index contributed by atoms with van der Waals surface area (Å²) >= 11 is 5.88. The van der Waals surface area contributed by atoms with Crippen molar-refractivity contribution in [1.29, 1.82) is 0 Å². The van der Waals surface area contributed by atoms with Gasteiger partial charge in [-0.3, -0.25) is 4.90 Å². The molecule has 88 valence electrons. The van der Waals surface area contributed by atoms with Gasteiger partial charge in [-0.15, -0.1) is 0 Å². The molecule has 16 heavy (non-hydrogen) atoms. The lowest BCUT2D eigenvalue weighted by Crippen LogP contribution is -2.57. The summed E-state index contributed by atoms with van der Waals surface area (Å²) < 4.78 is 0. The van der Waals surface area contributed by atoms with Gasteiger partial charge in [0.05, 0.1) is 0 Å². The van der Waals surface area contributed by atoms with Crippen LogP contribution in [0.3, 0.4) is 0 Å². The highest BCUT2D eigenvalue weighted by Crippen LogP contribution is 2.23. The van der Waals surface area contributed by atoms with E-state index in [0.717, 1.165) is 25.5 Å². The number of halogens is 1. The number of rotatable bonds is 1. The van der Waals surface area contributed by atoms with Gasteiger partial charge in [-0.2, -0.15) is 0 Å². The van der Waals surface area contributed by atoms with Gasteiger partial charge in [0, 0.05) is 31.2 Å². The zero-order valence-corrected chi connectivity index (χ0v) is 10.7. The Morgan fingerprint density at radius 2 is 2.06 bits per heavy atom. The van der Waals surface area contributed by atoms with Crippen molar-refractivity contribution in [2.24, 2.45) is 0 Å². The van der Waals surface area contributed by atoms with Crippen molar-refractivity contribution in [3.63, 3.8) is 0 Å². The fourth-order valence-corrected chi connectivity index (χ4v) is 2.07. The molecule has 0 atom stereocenters. The number of nitrogens with zero attached hydrogens (tertiary/aromatic N) is 4. The van der Waals surface area contributed by atoms with E-state index in [2.05, 4.69) is 40.7 Å². The van der Waals surface area contributed by atoms with E-state index in [-0.39, 0.29) is 5.54 Å². The maximum atomic E-state index is 5.88. The first kappa shape index (κ1) is 11.6. The molecular formula is C11H17ClN4. The quantitative estimate of drug-likeness (QED) is 0.699. The van der Waals surface area contributed by atoms with Gasteiger partial charge in [-0.05, 0) is 20.9 Å². The smallest absolute Gasteiger partial charge is 0.134 e. The second-order valence-electron chi connectivity index (χ2n) is 4.85. The molecule has 0 aliphatic carbocycles. The SMILES string of the molecule is CN1CCN(c2cc(Cl)ncn2)CC1(C)C. The topological polar surface area (TPSA) is 32.3 Å². The Labute approximate surface area is 101 Å². The summed E-state index contributed by atoms with van der Waals surface area (Å²) in [6.07, 6.45) is 1.52. The van der Waals surface area contributed by atoms with Crippen LogP contribution in [-0.2, 0) is 0 Å². The Bertz CT molecular complexity index is 380.